The molecule has 0 aromatic rings. The number of rotatable bonds is 2. The van der Waals surface area contributed by atoms with E-state index < -0.39 is 15.5 Å². The summed E-state index contributed by atoms with van der Waals surface area (Å²) in [5.74, 6) is 0. The first-order valence-electron chi connectivity index (χ1n) is 5.98. The van der Waals surface area contributed by atoms with Gasteiger partial charge < -0.3 is 0 Å². The summed E-state index contributed by atoms with van der Waals surface area (Å²) in [6, 6.07) is 0. The van der Waals surface area contributed by atoms with E-state index in [9.17, 15) is 0 Å². The lowest BCUT2D eigenvalue weighted by molar-refractivity contribution is 0.704. The average molecular weight is 299 g/mol. The van der Waals surface area contributed by atoms with Crippen molar-refractivity contribution in [3.8, 4) is 0 Å². The molecule has 0 aromatic carbocycles. The van der Waals surface area contributed by atoms with Crippen LogP contribution in [0.1, 0.15) is 41.5 Å². The quantitative estimate of drug-likeness (QED) is 0.344. The molecule has 0 radical (unpaired) electrons. The van der Waals surface area contributed by atoms with Crippen LogP contribution in [0.15, 0.2) is 0 Å². The van der Waals surface area contributed by atoms with E-state index in [2.05, 4.69) is 61.2 Å². The molecule has 0 saturated carbocycles. The van der Waals surface area contributed by atoms with Crippen LogP contribution in [0, 0.1) is 0 Å². The molecule has 0 bridgehead atoms. The first kappa shape index (κ1) is 17.0. The average Bonchev–Trinajstić information content (AvgIpc) is 1.98. The van der Waals surface area contributed by atoms with Crippen LogP contribution in [0.2, 0.25) is 29.7 Å². The van der Waals surface area contributed by atoms with E-state index in [1.807, 2.05) is 0 Å². The molecule has 16 heavy (non-hydrogen) atoms. The molecule has 98 valence electrons. The number of halogens is 2. The van der Waals surface area contributed by atoms with Crippen molar-refractivity contribution in [3.63, 3.8) is 0 Å². The largest absolute Gasteiger partial charge is 0.173 e. The smallest absolute Gasteiger partial charge is 0.166 e. The van der Waals surface area contributed by atoms with Crippen molar-refractivity contribution in [2.45, 2.75) is 75.9 Å². The van der Waals surface area contributed by atoms with Crippen molar-refractivity contribution in [1.29, 1.82) is 0 Å². The molecule has 4 heteroatoms. The maximum atomic E-state index is 6.90. The predicted molar refractivity (Wildman–Crippen MR) is 84.0 cm³/mol. The highest BCUT2D eigenvalue weighted by molar-refractivity contribution is 7.29. The normalized spacial score (nSPS) is 20.4. The lowest BCUT2D eigenvalue weighted by atomic mass is 10.2. The third-order valence-electron chi connectivity index (χ3n) is 4.51. The Balaban J connectivity index is 5.30. The van der Waals surface area contributed by atoms with E-state index in [1.54, 1.807) is 0 Å². The summed E-state index contributed by atoms with van der Waals surface area (Å²) in [5, 5.41) is 0.449. The molecule has 0 spiro atoms. The fourth-order valence-corrected chi connectivity index (χ4v) is 15.4. The van der Waals surface area contributed by atoms with Gasteiger partial charge in [0.25, 0.3) is 0 Å². The molecule has 0 rings (SSSR count). The number of hydrogen-bond donors (Lipinski definition) is 0. The summed E-state index contributed by atoms with van der Waals surface area (Å²) >= 11 is 13.7. The molecule has 0 nitrogen and oxygen atoms in total. The van der Waals surface area contributed by atoms with Crippen LogP contribution in [0.3, 0.4) is 0 Å². The van der Waals surface area contributed by atoms with Crippen LogP contribution < -0.4 is 0 Å². The maximum Gasteiger partial charge on any atom is 0.173 e. The Morgan fingerprint density at radius 3 is 1.31 bits per heavy atom. The summed E-state index contributed by atoms with van der Waals surface area (Å²) in [6.45, 7) is 20.6. The zero-order valence-electron chi connectivity index (χ0n) is 12.3. The lowest BCUT2D eigenvalue weighted by Crippen LogP contribution is -2.60. The summed E-state index contributed by atoms with van der Waals surface area (Å²) < 4.78 is 0.196. The van der Waals surface area contributed by atoms with Crippen molar-refractivity contribution in [2.75, 3.05) is 0 Å². The Bertz CT molecular complexity index is 221. The fourth-order valence-electron chi connectivity index (χ4n) is 1.44. The van der Waals surface area contributed by atoms with Crippen LogP contribution in [-0.4, -0.2) is 20.1 Å². The van der Waals surface area contributed by atoms with Gasteiger partial charge in [0.05, 0.1) is 8.07 Å². The van der Waals surface area contributed by atoms with Crippen LogP contribution in [0.5, 0.6) is 0 Å². The highest BCUT2D eigenvalue weighted by Crippen LogP contribution is 2.50. The molecule has 0 heterocycles. The molecule has 0 amide bonds. The lowest BCUT2D eigenvalue weighted by Gasteiger charge is -2.49. The van der Waals surface area contributed by atoms with Gasteiger partial charge in [-0.2, -0.15) is 11.1 Å². The van der Waals surface area contributed by atoms with Crippen LogP contribution in [0.4, 0.5) is 0 Å². The standard InChI is InChI=1S/C12H28Cl2Si2/c1-11(2,3)15(7,8)10(13)16(9,14)12(4,5)6/h10H,1-9H3. The molecule has 2 unspecified atom stereocenters. The minimum Gasteiger partial charge on any atom is -0.166 e. The van der Waals surface area contributed by atoms with Gasteiger partial charge in [-0.25, -0.2) is 0 Å². The minimum atomic E-state index is -1.95. The van der Waals surface area contributed by atoms with E-state index in [-0.39, 0.29) is 9.66 Å². The van der Waals surface area contributed by atoms with Crippen molar-refractivity contribution in [3.05, 3.63) is 0 Å². The van der Waals surface area contributed by atoms with Crippen molar-refractivity contribution in [2.24, 2.45) is 0 Å². The Kier molecular flexibility index (Phi) is 4.89. The van der Waals surface area contributed by atoms with Gasteiger partial charge in [0, 0.05) is 4.62 Å². The van der Waals surface area contributed by atoms with Gasteiger partial charge in [-0.3, -0.25) is 0 Å². The Hall–Kier alpha value is 1.01. The zero-order valence-corrected chi connectivity index (χ0v) is 15.8. The van der Waals surface area contributed by atoms with E-state index in [0.29, 0.717) is 5.04 Å². The molecule has 0 fully saturated rings. The van der Waals surface area contributed by atoms with Crippen LogP contribution in [0.25, 0.3) is 0 Å². The van der Waals surface area contributed by atoms with Crippen molar-refractivity contribution < 1.29 is 0 Å². The zero-order chi connectivity index (χ0) is 13.6. The molecule has 0 aliphatic heterocycles. The Morgan fingerprint density at radius 1 is 0.812 bits per heavy atom. The monoisotopic (exact) mass is 298 g/mol. The summed E-state index contributed by atoms with van der Waals surface area (Å²) in [4.78, 5) is 0. The minimum absolute atomic E-state index is 0.149. The molecule has 0 saturated heterocycles. The second-order valence-corrected chi connectivity index (χ2v) is 21.5. The first-order chi connectivity index (χ1) is 6.65. The summed E-state index contributed by atoms with van der Waals surface area (Å²) in [6.07, 6.45) is 0. The molecular formula is C12H28Cl2Si2. The van der Waals surface area contributed by atoms with Gasteiger partial charge in [-0.05, 0) is 10.1 Å². The Morgan fingerprint density at radius 2 is 1.12 bits per heavy atom. The SMILES string of the molecule is CC(C)(C)[Si](C)(C)C(Cl)[Si](C)(Cl)C(C)(C)C. The van der Waals surface area contributed by atoms with E-state index in [4.69, 9.17) is 22.7 Å². The second kappa shape index (κ2) is 4.60. The fraction of sp³-hybridized carbons (Fsp3) is 1.00. The highest BCUT2D eigenvalue weighted by Gasteiger charge is 2.54. The molecule has 0 aromatic heterocycles. The molecule has 0 aliphatic rings. The predicted octanol–water partition coefficient (Wildman–Crippen LogP) is 5.79. The Labute approximate surface area is 114 Å². The highest BCUT2D eigenvalue weighted by atomic mass is 35.6. The van der Waals surface area contributed by atoms with Crippen molar-refractivity contribution in [1.82, 2.24) is 0 Å². The topological polar surface area (TPSA) is 0 Å². The van der Waals surface area contributed by atoms with Crippen LogP contribution in [-0.2, 0) is 0 Å². The maximum absolute atomic E-state index is 6.90. The number of alkyl halides is 1. The van der Waals surface area contributed by atoms with Gasteiger partial charge >= 0.3 is 0 Å². The third-order valence-corrected chi connectivity index (χ3v) is 23.6. The molecule has 0 N–H and O–H groups in total. The second-order valence-electron chi connectivity index (χ2n) is 7.66. The van der Waals surface area contributed by atoms with E-state index in [1.165, 1.54) is 0 Å². The van der Waals surface area contributed by atoms with Gasteiger partial charge in [0.1, 0.15) is 0 Å². The van der Waals surface area contributed by atoms with Gasteiger partial charge in [0.2, 0.25) is 0 Å². The molecule has 2 atom stereocenters. The molecule has 0 aliphatic carbocycles. The van der Waals surface area contributed by atoms with Crippen molar-refractivity contribution >= 4 is 38.1 Å². The summed E-state index contributed by atoms with van der Waals surface area (Å²) in [7, 11) is -3.51. The van der Waals surface area contributed by atoms with Crippen LogP contribution >= 0.6 is 22.7 Å². The number of hydrogen-bond acceptors (Lipinski definition) is 0. The van der Waals surface area contributed by atoms with E-state index in [0.717, 1.165) is 0 Å². The van der Waals surface area contributed by atoms with Gasteiger partial charge in [0.15, 0.2) is 7.38 Å². The van der Waals surface area contributed by atoms with Gasteiger partial charge in [-0.15, -0.1) is 11.6 Å². The third kappa shape index (κ3) is 3.07. The molecular weight excluding hydrogens is 271 g/mol. The first-order valence-corrected chi connectivity index (χ1v) is 13.1. The summed E-state index contributed by atoms with van der Waals surface area (Å²) in [5.41, 5.74) is 0. The van der Waals surface area contributed by atoms with E-state index >= 15 is 0 Å². The van der Waals surface area contributed by atoms with Gasteiger partial charge in [-0.1, -0.05) is 61.2 Å².